The number of anilines is 1. The summed E-state index contributed by atoms with van der Waals surface area (Å²) in [7, 11) is 1.35. The number of aryl methyl sites for hydroxylation is 1. The summed E-state index contributed by atoms with van der Waals surface area (Å²) in [6, 6.07) is 5.56. The van der Waals surface area contributed by atoms with Crippen LogP contribution in [0.5, 0.6) is 0 Å². The number of fused-ring (bicyclic) bond motifs is 1. The number of carbonyl (C=O) groups is 1. The Morgan fingerprint density at radius 3 is 2.68 bits per heavy atom. The molecule has 0 amide bonds. The van der Waals surface area contributed by atoms with E-state index in [9.17, 15) is 13.6 Å². The number of pyridine rings is 1. The minimum absolute atomic E-state index is 0.367. The second kappa shape index (κ2) is 5.54. The average molecular weight is 347 g/mol. The predicted octanol–water partition coefficient (Wildman–Crippen LogP) is 2.73. The van der Waals surface area contributed by atoms with E-state index in [0.717, 1.165) is 17.1 Å². The lowest BCUT2D eigenvalue weighted by molar-refractivity contribution is 0.0600. The molecule has 1 aliphatic heterocycles. The van der Waals surface area contributed by atoms with E-state index in [4.69, 9.17) is 4.74 Å². The molecule has 1 aliphatic carbocycles. The van der Waals surface area contributed by atoms with E-state index in [1.54, 1.807) is 12.3 Å². The summed E-state index contributed by atoms with van der Waals surface area (Å²) in [5.41, 5.74) is 2.38. The fourth-order valence-electron chi connectivity index (χ4n) is 3.59. The zero-order valence-corrected chi connectivity index (χ0v) is 14.1. The van der Waals surface area contributed by atoms with Gasteiger partial charge in [0.05, 0.1) is 24.5 Å². The molecule has 2 aliphatic rings. The van der Waals surface area contributed by atoms with Crippen LogP contribution in [0.25, 0.3) is 0 Å². The van der Waals surface area contributed by atoms with Gasteiger partial charge in [-0.2, -0.15) is 0 Å². The number of aromatic nitrogens is 2. The van der Waals surface area contributed by atoms with Gasteiger partial charge in [0, 0.05) is 37.7 Å². The van der Waals surface area contributed by atoms with Gasteiger partial charge in [0.1, 0.15) is 5.82 Å². The molecule has 2 unspecified atom stereocenters. The van der Waals surface area contributed by atoms with Gasteiger partial charge >= 0.3 is 5.97 Å². The van der Waals surface area contributed by atoms with Crippen LogP contribution in [0.3, 0.4) is 0 Å². The van der Waals surface area contributed by atoms with E-state index in [1.807, 2.05) is 34.7 Å². The predicted molar refractivity (Wildman–Crippen MR) is 88.0 cm³/mol. The normalized spacial score (nSPS) is 23.4. The van der Waals surface area contributed by atoms with Crippen LogP contribution < -0.4 is 4.90 Å². The third-order valence-corrected chi connectivity index (χ3v) is 5.23. The van der Waals surface area contributed by atoms with Crippen molar-refractivity contribution in [2.45, 2.75) is 19.4 Å². The average Bonchev–Trinajstić information content (AvgIpc) is 3.06. The van der Waals surface area contributed by atoms with Crippen molar-refractivity contribution < 1.29 is 18.3 Å². The van der Waals surface area contributed by atoms with Gasteiger partial charge in [-0.1, -0.05) is 6.07 Å². The van der Waals surface area contributed by atoms with Gasteiger partial charge < -0.3 is 14.2 Å². The minimum Gasteiger partial charge on any atom is -0.465 e. The number of hydrogen-bond acceptors (Lipinski definition) is 4. The maximum atomic E-state index is 13.3. The van der Waals surface area contributed by atoms with Crippen molar-refractivity contribution in [2.24, 2.45) is 11.8 Å². The summed E-state index contributed by atoms with van der Waals surface area (Å²) in [5.74, 6) is -3.10. The highest BCUT2D eigenvalue weighted by molar-refractivity contribution is 5.89. The summed E-state index contributed by atoms with van der Waals surface area (Å²) >= 11 is 0. The summed E-state index contributed by atoms with van der Waals surface area (Å²) in [6.07, 6.45) is 3.55. The third kappa shape index (κ3) is 2.67. The summed E-state index contributed by atoms with van der Waals surface area (Å²) in [5, 5.41) is 0. The fourth-order valence-corrected chi connectivity index (χ4v) is 3.59. The lowest BCUT2D eigenvalue weighted by Gasteiger charge is -2.21. The maximum absolute atomic E-state index is 13.3. The molecule has 2 aromatic heterocycles. The molecule has 4 rings (SSSR count). The van der Waals surface area contributed by atoms with Crippen LogP contribution in [0.2, 0.25) is 0 Å². The SMILES string of the molecule is COC(=O)c1ccn(Cc2ccc(N3CC4C(C3)C4(F)F)nc2C)c1. The standard InChI is InChI=1S/C18H19F2N3O2/c1-11-12(7-22-6-5-13(8-22)17(24)25-2)3-4-16(21-11)23-9-14-15(10-23)18(14,19)20/h3-6,8,14-15H,7,9-10H2,1-2H3. The van der Waals surface area contributed by atoms with Crippen molar-refractivity contribution >= 4 is 11.8 Å². The van der Waals surface area contributed by atoms with Gasteiger partial charge in [0.25, 0.3) is 5.92 Å². The zero-order valence-electron chi connectivity index (χ0n) is 14.1. The van der Waals surface area contributed by atoms with Gasteiger partial charge in [0.15, 0.2) is 0 Å². The number of halogens is 2. The summed E-state index contributed by atoms with van der Waals surface area (Å²) in [4.78, 5) is 18.0. The van der Waals surface area contributed by atoms with Crippen molar-refractivity contribution in [1.29, 1.82) is 0 Å². The van der Waals surface area contributed by atoms with Crippen LogP contribution in [-0.4, -0.2) is 41.6 Å². The van der Waals surface area contributed by atoms with Gasteiger partial charge in [-0.05, 0) is 24.6 Å². The molecule has 0 aromatic carbocycles. The molecule has 3 heterocycles. The molecule has 0 spiro atoms. The highest BCUT2D eigenvalue weighted by Gasteiger charge is 2.71. The highest BCUT2D eigenvalue weighted by atomic mass is 19.3. The molecule has 7 heteroatoms. The second-order valence-corrected chi connectivity index (χ2v) is 6.77. The van der Waals surface area contributed by atoms with Gasteiger partial charge in [-0.15, -0.1) is 0 Å². The Labute approximate surface area is 144 Å². The van der Waals surface area contributed by atoms with Crippen LogP contribution in [0, 0.1) is 18.8 Å². The number of piperidine rings is 1. The zero-order chi connectivity index (χ0) is 17.8. The number of alkyl halides is 2. The first kappa shape index (κ1) is 16.1. The van der Waals surface area contributed by atoms with Crippen molar-refractivity contribution in [3.8, 4) is 0 Å². The van der Waals surface area contributed by atoms with E-state index in [1.165, 1.54) is 7.11 Å². The number of methoxy groups -OCH3 is 1. The van der Waals surface area contributed by atoms with E-state index >= 15 is 0 Å². The molecule has 0 bridgehead atoms. The Morgan fingerprint density at radius 2 is 2.04 bits per heavy atom. The quantitative estimate of drug-likeness (QED) is 0.798. The molecular weight excluding hydrogens is 328 g/mol. The number of esters is 1. The van der Waals surface area contributed by atoms with Gasteiger partial charge in [0.2, 0.25) is 0 Å². The molecule has 5 nitrogen and oxygen atoms in total. The Morgan fingerprint density at radius 1 is 1.32 bits per heavy atom. The molecular formula is C18H19F2N3O2. The second-order valence-electron chi connectivity index (χ2n) is 6.77. The summed E-state index contributed by atoms with van der Waals surface area (Å²) in [6.45, 7) is 3.25. The summed E-state index contributed by atoms with van der Waals surface area (Å²) < 4.78 is 33.2. The molecule has 0 N–H and O–H groups in total. The lowest BCUT2D eigenvalue weighted by atomic mass is 10.2. The van der Waals surface area contributed by atoms with E-state index in [-0.39, 0.29) is 5.97 Å². The van der Waals surface area contributed by atoms with Gasteiger partial charge in [-0.3, -0.25) is 0 Å². The molecule has 1 saturated heterocycles. The number of rotatable bonds is 4. The molecule has 2 fully saturated rings. The van der Waals surface area contributed by atoms with Crippen molar-refractivity contribution in [1.82, 2.24) is 9.55 Å². The van der Waals surface area contributed by atoms with Crippen LogP contribution in [0.4, 0.5) is 14.6 Å². The van der Waals surface area contributed by atoms with Crippen LogP contribution in [0.15, 0.2) is 30.6 Å². The van der Waals surface area contributed by atoms with Crippen molar-refractivity contribution in [2.75, 3.05) is 25.1 Å². The van der Waals surface area contributed by atoms with Crippen LogP contribution >= 0.6 is 0 Å². The molecule has 2 atom stereocenters. The third-order valence-electron chi connectivity index (χ3n) is 5.23. The number of nitrogens with zero attached hydrogens (tertiary/aromatic N) is 3. The Kier molecular flexibility index (Phi) is 3.56. The monoisotopic (exact) mass is 347 g/mol. The maximum Gasteiger partial charge on any atom is 0.339 e. The highest BCUT2D eigenvalue weighted by Crippen LogP contribution is 2.59. The van der Waals surface area contributed by atoms with E-state index < -0.39 is 17.8 Å². The largest absolute Gasteiger partial charge is 0.465 e. The Hall–Kier alpha value is -2.44. The Bertz CT molecular complexity index is 819. The molecule has 25 heavy (non-hydrogen) atoms. The number of ether oxygens (including phenoxy) is 1. The number of hydrogen-bond donors (Lipinski definition) is 0. The Balaban J connectivity index is 1.46. The van der Waals surface area contributed by atoms with Crippen molar-refractivity contribution in [3.63, 3.8) is 0 Å². The topological polar surface area (TPSA) is 47.4 Å². The fraction of sp³-hybridized carbons (Fsp3) is 0.444. The molecule has 2 aromatic rings. The molecule has 0 radical (unpaired) electrons. The first-order valence-electron chi connectivity index (χ1n) is 8.23. The van der Waals surface area contributed by atoms with Crippen LogP contribution in [-0.2, 0) is 11.3 Å². The van der Waals surface area contributed by atoms with E-state index in [0.29, 0.717) is 25.2 Å². The smallest absolute Gasteiger partial charge is 0.339 e. The first-order valence-corrected chi connectivity index (χ1v) is 8.23. The number of carbonyl (C=O) groups excluding carboxylic acids is 1. The minimum atomic E-state index is -2.47. The van der Waals surface area contributed by atoms with Crippen LogP contribution in [0.1, 0.15) is 21.6 Å². The lowest BCUT2D eigenvalue weighted by Crippen LogP contribution is -2.28. The van der Waals surface area contributed by atoms with E-state index in [2.05, 4.69) is 4.98 Å². The van der Waals surface area contributed by atoms with Crippen molar-refractivity contribution in [3.05, 3.63) is 47.4 Å². The van der Waals surface area contributed by atoms with Gasteiger partial charge in [-0.25, -0.2) is 18.6 Å². The molecule has 132 valence electrons. The first-order chi connectivity index (χ1) is 11.9. The molecule has 1 saturated carbocycles.